The Hall–Kier alpha value is -1.24. The Kier molecular flexibility index (Phi) is 5.50. The van der Waals surface area contributed by atoms with Gasteiger partial charge in [0.05, 0.1) is 0 Å². The Balaban J connectivity index is 0.00000161. The van der Waals surface area contributed by atoms with Gasteiger partial charge in [0.25, 0.3) is 0 Å². The summed E-state index contributed by atoms with van der Waals surface area (Å²) in [4.78, 5) is 6.65. The molecule has 0 aliphatic carbocycles. The van der Waals surface area contributed by atoms with E-state index >= 15 is 0 Å². The number of hydrogen-bond donors (Lipinski definition) is 1. The smallest absolute Gasteiger partial charge is 0.191 e. The van der Waals surface area contributed by atoms with Crippen LogP contribution in [0.3, 0.4) is 0 Å². The highest BCUT2D eigenvalue weighted by molar-refractivity contribution is 14.0. The molecule has 3 rings (SSSR count). The highest BCUT2D eigenvalue weighted by atomic mass is 127. The number of rotatable bonds is 2. The van der Waals surface area contributed by atoms with Gasteiger partial charge in [-0.1, -0.05) is 25.1 Å². The quantitative estimate of drug-likeness (QED) is 0.477. The monoisotopic (exact) mass is 399 g/mol. The molecular weight excluding hydrogens is 377 g/mol. The summed E-state index contributed by atoms with van der Waals surface area (Å²) in [6.45, 7) is 4.79. The van der Waals surface area contributed by atoms with Crippen molar-refractivity contribution in [2.75, 3.05) is 13.1 Å². The maximum atomic E-state index is 6.09. The molecule has 114 valence electrons. The molecule has 0 radical (unpaired) electrons. The predicted molar refractivity (Wildman–Crippen MR) is 96.9 cm³/mol. The molecule has 1 fully saturated rings. The van der Waals surface area contributed by atoms with Crippen LogP contribution in [-0.2, 0) is 6.54 Å². The minimum atomic E-state index is 0. The molecule has 0 bridgehead atoms. The van der Waals surface area contributed by atoms with Gasteiger partial charge in [0, 0.05) is 18.5 Å². The summed E-state index contributed by atoms with van der Waals surface area (Å²) in [7, 11) is 0. The summed E-state index contributed by atoms with van der Waals surface area (Å²) in [6, 6.07) is 10.0. The number of furan rings is 1. The van der Waals surface area contributed by atoms with Gasteiger partial charge in [-0.15, -0.1) is 24.0 Å². The molecule has 0 spiro atoms. The SMILES string of the molecule is CC1CCCN(C(N)=NCc2cc3ccccc3o2)C1.I. The van der Waals surface area contributed by atoms with Crippen LogP contribution in [0.4, 0.5) is 0 Å². The number of nitrogens with two attached hydrogens (primary N) is 1. The third-order valence-corrected chi connectivity index (χ3v) is 3.85. The van der Waals surface area contributed by atoms with Crippen LogP contribution in [0.15, 0.2) is 39.7 Å². The van der Waals surface area contributed by atoms with Gasteiger partial charge >= 0.3 is 0 Å². The molecule has 1 aliphatic heterocycles. The Morgan fingerprint density at radius 2 is 2.24 bits per heavy atom. The summed E-state index contributed by atoms with van der Waals surface area (Å²) in [5.41, 5.74) is 6.99. The van der Waals surface area contributed by atoms with Crippen LogP contribution >= 0.6 is 24.0 Å². The Morgan fingerprint density at radius 3 is 3.00 bits per heavy atom. The van der Waals surface area contributed by atoms with E-state index in [1.807, 2.05) is 30.3 Å². The van der Waals surface area contributed by atoms with Gasteiger partial charge in [-0.3, -0.25) is 0 Å². The van der Waals surface area contributed by atoms with Gasteiger partial charge in [-0.05, 0) is 30.9 Å². The maximum Gasteiger partial charge on any atom is 0.191 e. The van der Waals surface area contributed by atoms with Crippen molar-refractivity contribution >= 4 is 40.9 Å². The lowest BCUT2D eigenvalue weighted by atomic mass is 10.0. The van der Waals surface area contributed by atoms with Crippen LogP contribution in [0.25, 0.3) is 11.0 Å². The fourth-order valence-corrected chi connectivity index (χ4v) is 2.77. The van der Waals surface area contributed by atoms with Crippen molar-refractivity contribution in [1.82, 2.24) is 4.90 Å². The van der Waals surface area contributed by atoms with Crippen LogP contribution in [0.2, 0.25) is 0 Å². The molecular formula is C16H22IN3O. The van der Waals surface area contributed by atoms with Crippen LogP contribution in [0.5, 0.6) is 0 Å². The minimum absolute atomic E-state index is 0. The number of halogens is 1. The first-order valence-electron chi connectivity index (χ1n) is 7.24. The molecule has 1 aromatic carbocycles. The van der Waals surface area contributed by atoms with E-state index < -0.39 is 0 Å². The summed E-state index contributed by atoms with van der Waals surface area (Å²) >= 11 is 0. The van der Waals surface area contributed by atoms with Crippen LogP contribution < -0.4 is 5.73 Å². The standard InChI is InChI=1S/C16H21N3O.HI/c1-12-5-4-8-19(11-12)16(17)18-10-14-9-13-6-2-3-7-15(13)20-14;/h2-3,6-7,9,12H,4-5,8,10-11H2,1H3,(H2,17,18);1H. The van der Waals surface area contributed by atoms with Gasteiger partial charge < -0.3 is 15.1 Å². The molecule has 1 aromatic heterocycles. The van der Waals surface area contributed by atoms with E-state index in [-0.39, 0.29) is 24.0 Å². The molecule has 2 N–H and O–H groups in total. The third kappa shape index (κ3) is 3.90. The average Bonchev–Trinajstić information content (AvgIpc) is 2.87. The van der Waals surface area contributed by atoms with Gasteiger partial charge in [-0.2, -0.15) is 0 Å². The second kappa shape index (κ2) is 7.15. The molecule has 1 saturated heterocycles. The van der Waals surface area contributed by atoms with Crippen molar-refractivity contribution in [3.05, 3.63) is 36.1 Å². The number of benzene rings is 1. The van der Waals surface area contributed by atoms with E-state index in [9.17, 15) is 0 Å². The first-order chi connectivity index (χ1) is 9.72. The largest absolute Gasteiger partial charge is 0.459 e. The first kappa shape index (κ1) is 16.1. The van der Waals surface area contributed by atoms with Gasteiger partial charge in [0.2, 0.25) is 0 Å². The molecule has 21 heavy (non-hydrogen) atoms. The fourth-order valence-electron chi connectivity index (χ4n) is 2.77. The van der Waals surface area contributed by atoms with Crippen molar-refractivity contribution in [1.29, 1.82) is 0 Å². The molecule has 1 atom stereocenters. The van der Waals surface area contributed by atoms with Crippen molar-refractivity contribution < 1.29 is 4.42 Å². The number of piperidine rings is 1. The predicted octanol–water partition coefficient (Wildman–Crippen LogP) is 3.60. The lowest BCUT2D eigenvalue weighted by Crippen LogP contribution is -2.43. The van der Waals surface area contributed by atoms with E-state index in [1.54, 1.807) is 0 Å². The number of para-hydroxylation sites is 1. The van der Waals surface area contributed by atoms with E-state index in [0.29, 0.717) is 18.4 Å². The number of aliphatic imine (C=N–C) groups is 1. The lowest BCUT2D eigenvalue weighted by molar-refractivity contribution is 0.270. The molecule has 1 aliphatic rings. The molecule has 0 saturated carbocycles. The van der Waals surface area contributed by atoms with E-state index in [4.69, 9.17) is 10.2 Å². The number of fused-ring (bicyclic) bond motifs is 1. The summed E-state index contributed by atoms with van der Waals surface area (Å²) in [5, 5.41) is 1.11. The highest BCUT2D eigenvalue weighted by Crippen LogP contribution is 2.19. The van der Waals surface area contributed by atoms with Crippen molar-refractivity contribution in [3.63, 3.8) is 0 Å². The zero-order valence-electron chi connectivity index (χ0n) is 12.3. The van der Waals surface area contributed by atoms with Gasteiger partial charge in [0.1, 0.15) is 17.9 Å². The second-order valence-corrected chi connectivity index (χ2v) is 5.62. The maximum absolute atomic E-state index is 6.09. The summed E-state index contributed by atoms with van der Waals surface area (Å²) in [6.07, 6.45) is 2.48. The molecule has 1 unspecified atom stereocenters. The third-order valence-electron chi connectivity index (χ3n) is 3.85. The number of likely N-dealkylation sites (tertiary alicyclic amines) is 1. The van der Waals surface area contributed by atoms with Gasteiger partial charge in [0.15, 0.2) is 5.96 Å². The zero-order valence-corrected chi connectivity index (χ0v) is 14.6. The lowest BCUT2D eigenvalue weighted by Gasteiger charge is -2.31. The fraction of sp³-hybridized carbons (Fsp3) is 0.438. The number of nitrogens with zero attached hydrogens (tertiary/aromatic N) is 2. The molecule has 2 aromatic rings. The zero-order chi connectivity index (χ0) is 13.9. The van der Waals surface area contributed by atoms with Crippen LogP contribution in [0, 0.1) is 5.92 Å². The highest BCUT2D eigenvalue weighted by Gasteiger charge is 2.17. The average molecular weight is 399 g/mol. The minimum Gasteiger partial charge on any atom is -0.459 e. The topological polar surface area (TPSA) is 54.8 Å². The normalized spacial score (nSPS) is 19.6. The van der Waals surface area contributed by atoms with Crippen molar-refractivity contribution in [2.24, 2.45) is 16.6 Å². The van der Waals surface area contributed by atoms with Crippen LogP contribution in [0.1, 0.15) is 25.5 Å². The van der Waals surface area contributed by atoms with Crippen molar-refractivity contribution in [3.8, 4) is 0 Å². The molecule has 2 heterocycles. The Morgan fingerprint density at radius 1 is 1.43 bits per heavy atom. The number of guanidine groups is 1. The molecule has 4 nitrogen and oxygen atoms in total. The second-order valence-electron chi connectivity index (χ2n) is 5.62. The van der Waals surface area contributed by atoms with E-state index in [1.165, 1.54) is 12.8 Å². The summed E-state index contributed by atoms with van der Waals surface area (Å²) in [5.74, 6) is 2.19. The number of hydrogen-bond acceptors (Lipinski definition) is 2. The molecule has 0 amide bonds. The molecule has 5 heteroatoms. The Bertz CT molecular complexity index is 590. The van der Waals surface area contributed by atoms with Gasteiger partial charge in [-0.25, -0.2) is 4.99 Å². The summed E-state index contributed by atoms with van der Waals surface area (Å²) < 4.78 is 5.75. The van der Waals surface area contributed by atoms with Crippen molar-refractivity contribution in [2.45, 2.75) is 26.3 Å². The van der Waals surface area contributed by atoms with E-state index in [2.05, 4.69) is 16.8 Å². The first-order valence-corrected chi connectivity index (χ1v) is 7.24. The van der Waals surface area contributed by atoms with E-state index in [0.717, 1.165) is 29.8 Å². The van der Waals surface area contributed by atoms with Crippen LogP contribution in [-0.4, -0.2) is 23.9 Å². The Labute approximate surface area is 142 Å².